The molecular weight excluding hydrogens is 252 g/mol. The van der Waals surface area contributed by atoms with Crippen molar-refractivity contribution >= 4 is 11.7 Å². The van der Waals surface area contributed by atoms with E-state index in [9.17, 15) is 4.79 Å². The van der Waals surface area contributed by atoms with Gasteiger partial charge in [-0.05, 0) is 51.5 Å². The number of hydrogen-bond acceptors (Lipinski definition) is 3. The zero-order valence-corrected chi connectivity index (χ0v) is 12.8. The predicted molar refractivity (Wildman–Crippen MR) is 80.7 cm³/mol. The van der Waals surface area contributed by atoms with Crippen LogP contribution in [0.3, 0.4) is 0 Å². The molecule has 4 heteroatoms. The van der Waals surface area contributed by atoms with Crippen molar-refractivity contribution < 1.29 is 9.53 Å². The third kappa shape index (κ3) is 3.35. The molecule has 0 aromatic carbocycles. The lowest BCUT2D eigenvalue weighted by Crippen LogP contribution is -2.25. The van der Waals surface area contributed by atoms with E-state index >= 15 is 0 Å². The van der Waals surface area contributed by atoms with Gasteiger partial charge in [-0.2, -0.15) is 0 Å². The van der Waals surface area contributed by atoms with Gasteiger partial charge >= 0.3 is 5.97 Å². The van der Waals surface area contributed by atoms with Gasteiger partial charge in [0.1, 0.15) is 11.8 Å². The molecule has 2 N–H and O–H groups in total. The third-order valence-electron chi connectivity index (χ3n) is 4.28. The number of nitrogens with zero attached hydrogens (tertiary/aromatic N) is 1. The number of nitrogen functional groups attached to an aromatic ring is 1. The van der Waals surface area contributed by atoms with Crippen molar-refractivity contribution in [1.29, 1.82) is 0 Å². The fourth-order valence-corrected chi connectivity index (χ4v) is 2.96. The largest absolute Gasteiger partial charge is 0.458 e. The average Bonchev–Trinajstić information content (AvgIpc) is 2.82. The molecule has 0 bridgehead atoms. The summed E-state index contributed by atoms with van der Waals surface area (Å²) in [4.78, 5) is 12.3. The molecule has 0 aliphatic heterocycles. The molecule has 0 spiro atoms. The SMILES string of the molecule is CCC1CCC(OC(=O)c2cc(N)cn2C(C)C)CC1. The lowest BCUT2D eigenvalue weighted by Gasteiger charge is -2.27. The molecule has 0 saturated heterocycles. The van der Waals surface area contributed by atoms with Crippen LogP contribution in [0.25, 0.3) is 0 Å². The van der Waals surface area contributed by atoms with Gasteiger partial charge in [0.05, 0.1) is 5.69 Å². The maximum Gasteiger partial charge on any atom is 0.355 e. The summed E-state index contributed by atoms with van der Waals surface area (Å²) >= 11 is 0. The van der Waals surface area contributed by atoms with Crippen LogP contribution in [0.2, 0.25) is 0 Å². The van der Waals surface area contributed by atoms with Gasteiger partial charge in [-0.1, -0.05) is 13.3 Å². The monoisotopic (exact) mass is 278 g/mol. The fraction of sp³-hybridized carbons (Fsp3) is 0.688. The summed E-state index contributed by atoms with van der Waals surface area (Å²) in [7, 11) is 0. The number of anilines is 1. The highest BCUT2D eigenvalue weighted by atomic mass is 16.5. The molecule has 0 amide bonds. The second-order valence-electron chi connectivity index (χ2n) is 6.12. The minimum Gasteiger partial charge on any atom is -0.458 e. The van der Waals surface area contributed by atoms with Crippen molar-refractivity contribution in [2.45, 2.75) is 65.0 Å². The van der Waals surface area contributed by atoms with Gasteiger partial charge in [-0.3, -0.25) is 0 Å². The van der Waals surface area contributed by atoms with Crippen molar-refractivity contribution in [3.8, 4) is 0 Å². The maximum absolute atomic E-state index is 12.3. The Morgan fingerprint density at radius 3 is 2.60 bits per heavy atom. The molecule has 0 radical (unpaired) electrons. The number of rotatable bonds is 4. The van der Waals surface area contributed by atoms with E-state index in [1.165, 1.54) is 19.3 Å². The molecule has 1 fully saturated rings. The zero-order valence-electron chi connectivity index (χ0n) is 12.8. The van der Waals surface area contributed by atoms with E-state index in [-0.39, 0.29) is 18.1 Å². The van der Waals surface area contributed by atoms with Crippen molar-refractivity contribution in [3.63, 3.8) is 0 Å². The first-order valence-electron chi connectivity index (χ1n) is 7.69. The lowest BCUT2D eigenvalue weighted by atomic mass is 9.86. The molecule has 20 heavy (non-hydrogen) atoms. The Morgan fingerprint density at radius 2 is 2.05 bits per heavy atom. The smallest absolute Gasteiger partial charge is 0.355 e. The van der Waals surface area contributed by atoms with E-state index in [1.54, 1.807) is 12.3 Å². The van der Waals surface area contributed by atoms with Crippen LogP contribution in [-0.2, 0) is 4.74 Å². The number of aromatic nitrogens is 1. The first-order valence-corrected chi connectivity index (χ1v) is 7.69. The van der Waals surface area contributed by atoms with Crippen LogP contribution in [0.4, 0.5) is 5.69 Å². The minimum absolute atomic E-state index is 0.0713. The highest BCUT2D eigenvalue weighted by Crippen LogP contribution is 2.29. The summed E-state index contributed by atoms with van der Waals surface area (Å²) < 4.78 is 7.54. The number of esters is 1. The van der Waals surface area contributed by atoms with Crippen molar-refractivity contribution in [1.82, 2.24) is 4.57 Å². The summed E-state index contributed by atoms with van der Waals surface area (Å²) in [5.41, 5.74) is 6.97. The standard InChI is InChI=1S/C16H26N2O2/c1-4-12-5-7-14(8-6-12)20-16(19)15-9-13(17)10-18(15)11(2)3/h9-12,14H,4-8,17H2,1-3H3. The van der Waals surface area contributed by atoms with Crippen molar-refractivity contribution in [2.24, 2.45) is 5.92 Å². The van der Waals surface area contributed by atoms with Crippen molar-refractivity contribution in [3.05, 3.63) is 18.0 Å². The van der Waals surface area contributed by atoms with E-state index in [1.807, 2.05) is 18.4 Å². The molecule has 0 unspecified atom stereocenters. The maximum atomic E-state index is 12.3. The highest BCUT2D eigenvalue weighted by molar-refractivity contribution is 5.89. The van der Waals surface area contributed by atoms with E-state index in [2.05, 4.69) is 6.92 Å². The summed E-state index contributed by atoms with van der Waals surface area (Å²) in [6.45, 7) is 6.29. The summed E-state index contributed by atoms with van der Waals surface area (Å²) in [5.74, 6) is 0.565. The normalized spacial score (nSPS) is 23.0. The third-order valence-corrected chi connectivity index (χ3v) is 4.28. The predicted octanol–water partition coefficient (Wildman–Crippen LogP) is 3.78. The fourth-order valence-electron chi connectivity index (χ4n) is 2.96. The molecule has 1 aliphatic carbocycles. The van der Waals surface area contributed by atoms with Crippen LogP contribution in [0.1, 0.15) is 69.4 Å². The lowest BCUT2D eigenvalue weighted by molar-refractivity contribution is 0.0151. The Bertz CT molecular complexity index is 457. The Labute approximate surface area is 121 Å². The van der Waals surface area contributed by atoms with Gasteiger partial charge in [-0.25, -0.2) is 4.79 Å². The van der Waals surface area contributed by atoms with Gasteiger partial charge in [-0.15, -0.1) is 0 Å². The molecule has 1 aliphatic rings. The van der Waals surface area contributed by atoms with Crippen LogP contribution in [0.15, 0.2) is 12.3 Å². The first-order chi connectivity index (χ1) is 9.51. The van der Waals surface area contributed by atoms with E-state index in [0.717, 1.165) is 18.8 Å². The summed E-state index contributed by atoms with van der Waals surface area (Å²) in [6, 6.07) is 1.91. The van der Waals surface area contributed by atoms with Gasteiger partial charge in [0.15, 0.2) is 0 Å². The highest BCUT2D eigenvalue weighted by Gasteiger charge is 2.25. The Morgan fingerprint density at radius 1 is 1.40 bits per heavy atom. The number of carbonyl (C=O) groups is 1. The van der Waals surface area contributed by atoms with Crippen LogP contribution in [0.5, 0.6) is 0 Å². The summed E-state index contributed by atoms with van der Waals surface area (Å²) in [5, 5.41) is 0. The molecule has 2 rings (SSSR count). The quantitative estimate of drug-likeness (QED) is 0.853. The van der Waals surface area contributed by atoms with Gasteiger partial charge in [0, 0.05) is 12.2 Å². The Hall–Kier alpha value is -1.45. The zero-order chi connectivity index (χ0) is 14.7. The van der Waals surface area contributed by atoms with Crippen LogP contribution in [0, 0.1) is 5.92 Å². The van der Waals surface area contributed by atoms with Crippen LogP contribution >= 0.6 is 0 Å². The molecule has 4 nitrogen and oxygen atoms in total. The molecule has 112 valence electrons. The Balaban J connectivity index is 1.99. The van der Waals surface area contributed by atoms with Crippen LogP contribution in [-0.4, -0.2) is 16.6 Å². The molecule has 1 aromatic rings. The van der Waals surface area contributed by atoms with Crippen LogP contribution < -0.4 is 5.73 Å². The second kappa shape index (κ2) is 6.33. The average molecular weight is 278 g/mol. The molecule has 0 atom stereocenters. The topological polar surface area (TPSA) is 57.2 Å². The minimum atomic E-state index is -0.240. The second-order valence-corrected chi connectivity index (χ2v) is 6.12. The number of hydrogen-bond donors (Lipinski definition) is 1. The molecule has 1 aromatic heterocycles. The number of nitrogens with two attached hydrogens (primary N) is 1. The first kappa shape index (κ1) is 14.9. The molecule has 1 heterocycles. The number of carbonyl (C=O) groups excluding carboxylic acids is 1. The van der Waals surface area contributed by atoms with Gasteiger partial charge in [0.2, 0.25) is 0 Å². The number of ether oxygens (including phenoxy) is 1. The van der Waals surface area contributed by atoms with E-state index in [4.69, 9.17) is 10.5 Å². The van der Waals surface area contributed by atoms with E-state index < -0.39 is 0 Å². The van der Waals surface area contributed by atoms with Gasteiger partial charge < -0.3 is 15.0 Å². The van der Waals surface area contributed by atoms with Gasteiger partial charge in [0.25, 0.3) is 0 Å². The van der Waals surface area contributed by atoms with Crippen molar-refractivity contribution in [2.75, 3.05) is 5.73 Å². The summed E-state index contributed by atoms with van der Waals surface area (Å²) in [6.07, 6.45) is 7.42. The van der Waals surface area contributed by atoms with E-state index in [0.29, 0.717) is 11.4 Å². The molecule has 1 saturated carbocycles. The molecular formula is C16H26N2O2. The Kier molecular flexibility index (Phi) is 4.73.